The van der Waals surface area contributed by atoms with Crippen molar-refractivity contribution in [3.05, 3.63) is 93.0 Å². The van der Waals surface area contributed by atoms with Gasteiger partial charge in [-0.1, -0.05) is 42.8 Å². The number of aryl methyl sites for hydroxylation is 1. The van der Waals surface area contributed by atoms with Gasteiger partial charge < -0.3 is 5.32 Å². The molecule has 0 radical (unpaired) electrons. The first-order chi connectivity index (χ1) is 15.6. The minimum Gasteiger partial charge on any atom is -0.321 e. The predicted molar refractivity (Wildman–Crippen MR) is 130 cm³/mol. The van der Waals surface area contributed by atoms with E-state index in [4.69, 9.17) is 16.6 Å². The van der Waals surface area contributed by atoms with E-state index in [0.717, 1.165) is 34.4 Å². The lowest BCUT2D eigenvalue weighted by Gasteiger charge is -2.09. The van der Waals surface area contributed by atoms with Crippen molar-refractivity contribution in [2.45, 2.75) is 19.8 Å². The van der Waals surface area contributed by atoms with Crippen LogP contribution >= 0.6 is 22.9 Å². The highest BCUT2D eigenvalue weighted by molar-refractivity contribution is 7.07. The van der Waals surface area contributed by atoms with E-state index in [1.54, 1.807) is 23.0 Å². The third-order valence-electron chi connectivity index (χ3n) is 5.44. The Kier molecular flexibility index (Phi) is 5.55. The lowest BCUT2D eigenvalue weighted by molar-refractivity contribution is 0.102. The normalized spacial score (nSPS) is 12.4. The van der Waals surface area contributed by atoms with E-state index in [2.05, 4.69) is 52.5 Å². The Morgan fingerprint density at radius 3 is 2.69 bits per heavy atom. The molecule has 158 valence electrons. The summed E-state index contributed by atoms with van der Waals surface area (Å²) in [5.41, 5.74) is 8.86. The van der Waals surface area contributed by atoms with Crippen molar-refractivity contribution in [3.63, 3.8) is 0 Å². The van der Waals surface area contributed by atoms with E-state index < -0.39 is 0 Å². The van der Waals surface area contributed by atoms with Crippen molar-refractivity contribution >= 4 is 46.1 Å². The number of anilines is 1. The molecule has 1 aliphatic rings. The molecule has 0 saturated heterocycles. The number of carbonyl (C=O) groups is 1. The second-order valence-corrected chi connectivity index (χ2v) is 8.64. The molecule has 0 bridgehead atoms. The molecule has 1 amide bonds. The average molecular weight is 459 g/mol. The second-order valence-electron chi connectivity index (χ2n) is 7.51. The number of fused-ring (bicyclic) bond motifs is 1. The molecule has 2 aromatic heterocycles. The SMILES string of the molecule is CCc1ccc(-c2cnc3c(c2)CC(c2cc(NC(=O)c4cscn4)ccc2Cl)=N3)cc1. The highest BCUT2D eigenvalue weighted by Gasteiger charge is 2.21. The topological polar surface area (TPSA) is 67.2 Å². The molecular weight excluding hydrogens is 440 g/mol. The number of halogens is 1. The number of aromatic nitrogens is 2. The summed E-state index contributed by atoms with van der Waals surface area (Å²) in [6.45, 7) is 2.15. The largest absolute Gasteiger partial charge is 0.321 e. The number of rotatable bonds is 5. The van der Waals surface area contributed by atoms with Crippen LogP contribution in [0.3, 0.4) is 0 Å². The lowest BCUT2D eigenvalue weighted by Crippen LogP contribution is -2.13. The van der Waals surface area contributed by atoms with Crippen molar-refractivity contribution in [2.24, 2.45) is 4.99 Å². The maximum atomic E-state index is 12.3. The predicted octanol–water partition coefficient (Wildman–Crippen LogP) is 6.35. The number of hydrogen-bond donors (Lipinski definition) is 1. The Bertz CT molecular complexity index is 1330. The molecule has 5 nitrogen and oxygen atoms in total. The number of hydrogen-bond acceptors (Lipinski definition) is 5. The van der Waals surface area contributed by atoms with Crippen LogP contribution in [0.5, 0.6) is 0 Å². The van der Waals surface area contributed by atoms with Gasteiger partial charge in [-0.05, 0) is 41.8 Å². The Hall–Kier alpha value is -3.35. The molecule has 7 heteroatoms. The third-order valence-corrected chi connectivity index (χ3v) is 6.35. The van der Waals surface area contributed by atoms with E-state index >= 15 is 0 Å². The van der Waals surface area contributed by atoms with Gasteiger partial charge in [0.05, 0.1) is 11.2 Å². The van der Waals surface area contributed by atoms with E-state index in [0.29, 0.717) is 28.6 Å². The number of carbonyl (C=O) groups excluding carboxylic acids is 1. The smallest absolute Gasteiger partial charge is 0.275 e. The Balaban J connectivity index is 1.38. The summed E-state index contributed by atoms with van der Waals surface area (Å²) in [5.74, 6) is 0.457. The first-order valence-electron chi connectivity index (χ1n) is 10.3. The van der Waals surface area contributed by atoms with Crippen LogP contribution in [0.1, 0.15) is 34.1 Å². The fourth-order valence-corrected chi connectivity index (χ4v) is 4.43. The molecule has 0 atom stereocenters. The molecule has 32 heavy (non-hydrogen) atoms. The van der Waals surface area contributed by atoms with Crippen molar-refractivity contribution in [1.29, 1.82) is 0 Å². The van der Waals surface area contributed by atoms with Crippen molar-refractivity contribution in [3.8, 4) is 11.1 Å². The zero-order valence-electron chi connectivity index (χ0n) is 17.3. The van der Waals surface area contributed by atoms with Gasteiger partial charge in [0.15, 0.2) is 5.82 Å². The van der Waals surface area contributed by atoms with Crippen molar-refractivity contribution in [1.82, 2.24) is 9.97 Å². The summed E-state index contributed by atoms with van der Waals surface area (Å²) in [6.07, 6.45) is 3.51. The van der Waals surface area contributed by atoms with E-state index in [1.165, 1.54) is 16.9 Å². The van der Waals surface area contributed by atoms with Gasteiger partial charge in [0.25, 0.3) is 5.91 Å². The standard InChI is InChI=1S/C25H19ClN4OS/c1-2-15-3-5-16(6-4-15)18-9-17-10-22(30-24(17)27-12-18)20-11-19(7-8-21(20)26)29-25(31)23-13-32-14-28-23/h3-9,11-14H,2,10H2,1H3,(H,29,31). The molecule has 0 aliphatic carbocycles. The van der Waals surface area contributed by atoms with Crippen LogP contribution < -0.4 is 5.32 Å². The number of thiazole rings is 1. The van der Waals surface area contributed by atoms with Crippen LogP contribution in [0, 0.1) is 0 Å². The van der Waals surface area contributed by atoms with Crippen LogP contribution in [-0.2, 0) is 12.8 Å². The Labute approximate surface area is 194 Å². The number of nitrogens with one attached hydrogen (secondary N) is 1. The van der Waals surface area contributed by atoms with Crippen molar-refractivity contribution in [2.75, 3.05) is 5.32 Å². The monoisotopic (exact) mass is 458 g/mol. The first-order valence-corrected chi connectivity index (χ1v) is 11.6. The minimum absolute atomic E-state index is 0.253. The molecule has 1 N–H and O–H groups in total. The number of benzene rings is 2. The van der Waals surface area contributed by atoms with Gasteiger partial charge in [0.1, 0.15) is 5.69 Å². The summed E-state index contributed by atoms with van der Waals surface area (Å²) < 4.78 is 0. The van der Waals surface area contributed by atoms with Gasteiger partial charge in [0, 0.05) is 45.4 Å². The van der Waals surface area contributed by atoms with Crippen LogP contribution in [0.2, 0.25) is 5.02 Å². The maximum absolute atomic E-state index is 12.3. The summed E-state index contributed by atoms with van der Waals surface area (Å²) in [6, 6.07) is 16.1. The number of nitrogens with zero attached hydrogens (tertiary/aromatic N) is 3. The molecule has 2 aromatic carbocycles. The molecule has 3 heterocycles. The molecule has 4 aromatic rings. The number of amides is 1. The number of pyridine rings is 1. The average Bonchev–Trinajstić information content (AvgIpc) is 3.50. The van der Waals surface area contributed by atoms with Gasteiger partial charge in [0.2, 0.25) is 0 Å². The molecule has 5 rings (SSSR count). The summed E-state index contributed by atoms with van der Waals surface area (Å²) in [7, 11) is 0. The third kappa shape index (κ3) is 4.07. The summed E-state index contributed by atoms with van der Waals surface area (Å²) in [4.78, 5) is 25.7. The van der Waals surface area contributed by atoms with E-state index in [1.807, 2.05) is 12.3 Å². The lowest BCUT2D eigenvalue weighted by atomic mass is 10.0. The Morgan fingerprint density at radius 2 is 1.94 bits per heavy atom. The van der Waals surface area contributed by atoms with Gasteiger partial charge in [-0.25, -0.2) is 15.0 Å². The molecule has 0 unspecified atom stereocenters. The zero-order valence-corrected chi connectivity index (χ0v) is 18.9. The maximum Gasteiger partial charge on any atom is 0.275 e. The summed E-state index contributed by atoms with van der Waals surface area (Å²) in [5, 5.41) is 5.17. The molecule has 0 spiro atoms. The van der Waals surface area contributed by atoms with Gasteiger partial charge >= 0.3 is 0 Å². The molecule has 0 fully saturated rings. The van der Waals surface area contributed by atoms with Gasteiger partial charge in [-0.15, -0.1) is 11.3 Å². The summed E-state index contributed by atoms with van der Waals surface area (Å²) >= 11 is 7.87. The zero-order chi connectivity index (χ0) is 22.1. The van der Waals surface area contributed by atoms with Gasteiger partial charge in [-0.3, -0.25) is 4.79 Å². The van der Waals surface area contributed by atoms with Crippen LogP contribution in [0.25, 0.3) is 11.1 Å². The molecule has 0 saturated carbocycles. The Morgan fingerprint density at radius 1 is 1.09 bits per heavy atom. The van der Waals surface area contributed by atoms with E-state index in [-0.39, 0.29) is 5.91 Å². The quantitative estimate of drug-likeness (QED) is 0.379. The highest BCUT2D eigenvalue weighted by atomic mass is 35.5. The fourth-order valence-electron chi connectivity index (χ4n) is 3.67. The molecule has 1 aliphatic heterocycles. The highest BCUT2D eigenvalue weighted by Crippen LogP contribution is 2.33. The first kappa shape index (κ1) is 20.5. The fraction of sp³-hybridized carbons (Fsp3) is 0.120. The second kappa shape index (κ2) is 8.65. The van der Waals surface area contributed by atoms with Crippen molar-refractivity contribution < 1.29 is 4.79 Å². The minimum atomic E-state index is -0.253. The van der Waals surface area contributed by atoms with E-state index in [9.17, 15) is 4.79 Å². The van der Waals surface area contributed by atoms with Crippen LogP contribution in [0.15, 0.2) is 70.6 Å². The van der Waals surface area contributed by atoms with Crippen LogP contribution in [-0.4, -0.2) is 21.6 Å². The van der Waals surface area contributed by atoms with Gasteiger partial charge in [-0.2, -0.15) is 0 Å². The molecular formula is C25H19ClN4OS. The van der Waals surface area contributed by atoms with Crippen LogP contribution in [0.4, 0.5) is 11.5 Å². The number of aliphatic imine (C=N–C) groups is 1.